The van der Waals surface area contributed by atoms with Gasteiger partial charge in [-0.15, -0.1) is 13.2 Å². The number of hydrogen-bond acceptors (Lipinski definition) is 3. The van der Waals surface area contributed by atoms with Crippen molar-refractivity contribution in [2.45, 2.75) is 6.36 Å². The summed E-state index contributed by atoms with van der Waals surface area (Å²) < 4.78 is 40.8. The standard InChI is InChI=1S/C13H6Cl2F3NO2/c14-7-5-9(15)11(19-6-7)12(20)8-3-1-2-4-10(8)21-13(16,17)18/h1-6H. The second-order valence-corrected chi connectivity index (χ2v) is 4.70. The first kappa shape index (κ1) is 15.6. The predicted octanol–water partition coefficient (Wildman–Crippen LogP) is 4.52. The van der Waals surface area contributed by atoms with Gasteiger partial charge >= 0.3 is 6.36 Å². The molecule has 0 atom stereocenters. The largest absolute Gasteiger partial charge is 0.573 e. The Morgan fingerprint density at radius 3 is 2.48 bits per heavy atom. The van der Waals surface area contributed by atoms with Gasteiger partial charge in [0.1, 0.15) is 11.4 Å². The van der Waals surface area contributed by atoms with E-state index in [1.807, 2.05) is 0 Å². The highest BCUT2D eigenvalue weighted by Gasteiger charge is 2.33. The fourth-order valence-electron chi connectivity index (χ4n) is 1.58. The van der Waals surface area contributed by atoms with Crippen LogP contribution in [-0.2, 0) is 0 Å². The number of carbonyl (C=O) groups excluding carboxylic acids is 1. The number of pyridine rings is 1. The Morgan fingerprint density at radius 2 is 1.86 bits per heavy atom. The summed E-state index contributed by atoms with van der Waals surface area (Å²) in [4.78, 5) is 16.0. The first-order chi connectivity index (χ1) is 9.78. The molecule has 110 valence electrons. The summed E-state index contributed by atoms with van der Waals surface area (Å²) in [6.07, 6.45) is -3.73. The van der Waals surface area contributed by atoms with Crippen molar-refractivity contribution in [3.63, 3.8) is 0 Å². The fourth-order valence-corrected chi connectivity index (χ4v) is 2.04. The van der Waals surface area contributed by atoms with E-state index in [1.165, 1.54) is 30.5 Å². The molecule has 0 N–H and O–H groups in total. The number of hydrogen-bond donors (Lipinski definition) is 0. The molecule has 0 saturated heterocycles. The minimum absolute atomic E-state index is 0.0608. The van der Waals surface area contributed by atoms with Gasteiger partial charge in [0.05, 0.1) is 15.6 Å². The van der Waals surface area contributed by atoms with E-state index >= 15 is 0 Å². The van der Waals surface area contributed by atoms with Crippen molar-refractivity contribution in [3.8, 4) is 5.75 Å². The van der Waals surface area contributed by atoms with Gasteiger partial charge in [-0.25, -0.2) is 4.98 Å². The molecule has 1 heterocycles. The quantitative estimate of drug-likeness (QED) is 0.774. The van der Waals surface area contributed by atoms with Crippen molar-refractivity contribution in [3.05, 3.63) is 57.8 Å². The van der Waals surface area contributed by atoms with Crippen molar-refractivity contribution < 1.29 is 22.7 Å². The van der Waals surface area contributed by atoms with E-state index in [9.17, 15) is 18.0 Å². The molecule has 0 fully saturated rings. The Hall–Kier alpha value is -1.79. The van der Waals surface area contributed by atoms with Crippen molar-refractivity contribution in [1.82, 2.24) is 4.98 Å². The number of halogens is 5. The van der Waals surface area contributed by atoms with E-state index in [-0.39, 0.29) is 21.3 Å². The van der Waals surface area contributed by atoms with Crippen molar-refractivity contribution in [1.29, 1.82) is 0 Å². The van der Waals surface area contributed by atoms with Gasteiger partial charge in [0.25, 0.3) is 0 Å². The first-order valence-electron chi connectivity index (χ1n) is 5.48. The van der Waals surface area contributed by atoms with Crippen LogP contribution in [0.4, 0.5) is 13.2 Å². The Bertz CT molecular complexity index is 689. The van der Waals surface area contributed by atoms with Gasteiger partial charge in [-0.05, 0) is 18.2 Å². The Balaban J connectivity index is 2.44. The number of ketones is 1. The topological polar surface area (TPSA) is 39.2 Å². The maximum Gasteiger partial charge on any atom is 0.573 e. The molecule has 8 heteroatoms. The number of carbonyl (C=O) groups is 1. The van der Waals surface area contributed by atoms with E-state index < -0.39 is 17.9 Å². The molecule has 0 unspecified atom stereocenters. The van der Waals surface area contributed by atoms with Crippen molar-refractivity contribution in [2.75, 3.05) is 0 Å². The SMILES string of the molecule is O=C(c1ccccc1OC(F)(F)F)c1ncc(Cl)cc1Cl. The molecule has 21 heavy (non-hydrogen) atoms. The predicted molar refractivity (Wildman–Crippen MR) is 70.8 cm³/mol. The molecule has 2 rings (SSSR count). The van der Waals surface area contributed by atoms with Gasteiger partial charge in [-0.3, -0.25) is 4.79 Å². The van der Waals surface area contributed by atoms with E-state index in [0.717, 1.165) is 6.07 Å². The number of rotatable bonds is 3. The molecule has 0 aliphatic rings. The molecule has 0 saturated carbocycles. The van der Waals surface area contributed by atoms with E-state index in [2.05, 4.69) is 9.72 Å². The molecule has 0 radical (unpaired) electrons. The molecule has 3 nitrogen and oxygen atoms in total. The van der Waals surface area contributed by atoms with Crippen molar-refractivity contribution >= 4 is 29.0 Å². The normalized spacial score (nSPS) is 11.3. The average molecular weight is 336 g/mol. The van der Waals surface area contributed by atoms with Gasteiger partial charge < -0.3 is 4.74 Å². The number of nitrogens with zero attached hydrogens (tertiary/aromatic N) is 1. The summed E-state index contributed by atoms with van der Waals surface area (Å²) >= 11 is 11.5. The molecule has 1 aromatic heterocycles. The smallest absolute Gasteiger partial charge is 0.405 e. The highest BCUT2D eigenvalue weighted by Crippen LogP contribution is 2.29. The molecule has 0 spiro atoms. The molecular weight excluding hydrogens is 330 g/mol. The number of para-hydroxylation sites is 1. The second kappa shape index (κ2) is 5.91. The van der Waals surface area contributed by atoms with Gasteiger partial charge in [0.15, 0.2) is 0 Å². The lowest BCUT2D eigenvalue weighted by molar-refractivity contribution is -0.274. The third-order valence-corrected chi connectivity index (χ3v) is 2.88. The minimum Gasteiger partial charge on any atom is -0.405 e. The van der Waals surface area contributed by atoms with Crippen LogP contribution < -0.4 is 4.74 Å². The van der Waals surface area contributed by atoms with Gasteiger partial charge in [-0.1, -0.05) is 35.3 Å². The Kier molecular flexibility index (Phi) is 4.39. The van der Waals surface area contributed by atoms with Crippen LogP contribution in [0.15, 0.2) is 36.5 Å². The highest BCUT2D eigenvalue weighted by atomic mass is 35.5. The fraction of sp³-hybridized carbons (Fsp3) is 0.0769. The summed E-state index contributed by atoms with van der Waals surface area (Å²) in [5.41, 5.74) is -0.508. The number of alkyl halides is 3. The summed E-state index contributed by atoms with van der Waals surface area (Å²) in [6.45, 7) is 0. The Morgan fingerprint density at radius 1 is 1.19 bits per heavy atom. The zero-order chi connectivity index (χ0) is 15.6. The zero-order valence-corrected chi connectivity index (χ0v) is 11.6. The summed E-state index contributed by atoms with van der Waals surface area (Å²) in [7, 11) is 0. The average Bonchev–Trinajstić information content (AvgIpc) is 2.36. The molecule has 2 aromatic rings. The maximum atomic E-state index is 12.3. The third kappa shape index (κ3) is 3.86. The van der Waals surface area contributed by atoms with Gasteiger partial charge in [0.2, 0.25) is 5.78 Å². The van der Waals surface area contributed by atoms with E-state index in [0.29, 0.717) is 0 Å². The van der Waals surface area contributed by atoms with Crippen LogP contribution in [0.3, 0.4) is 0 Å². The van der Waals surface area contributed by atoms with Crippen molar-refractivity contribution in [2.24, 2.45) is 0 Å². The monoisotopic (exact) mass is 335 g/mol. The molecule has 1 aromatic carbocycles. The summed E-state index contributed by atoms with van der Waals surface area (Å²) in [6, 6.07) is 6.21. The summed E-state index contributed by atoms with van der Waals surface area (Å²) in [5, 5.41) is 0.144. The maximum absolute atomic E-state index is 12.3. The van der Waals surface area contributed by atoms with E-state index in [1.54, 1.807) is 0 Å². The lowest BCUT2D eigenvalue weighted by Gasteiger charge is -2.12. The second-order valence-electron chi connectivity index (χ2n) is 3.86. The van der Waals surface area contributed by atoms with Crippen LogP contribution in [0.25, 0.3) is 0 Å². The first-order valence-corrected chi connectivity index (χ1v) is 6.24. The van der Waals surface area contributed by atoms with Crippen LogP contribution in [0.2, 0.25) is 10.0 Å². The van der Waals surface area contributed by atoms with Crippen LogP contribution in [0.1, 0.15) is 16.1 Å². The van der Waals surface area contributed by atoms with E-state index in [4.69, 9.17) is 23.2 Å². The number of aromatic nitrogens is 1. The van der Waals surface area contributed by atoms with Crippen LogP contribution in [0, 0.1) is 0 Å². The number of benzene rings is 1. The van der Waals surface area contributed by atoms with Gasteiger partial charge in [-0.2, -0.15) is 0 Å². The molecule has 0 bridgehead atoms. The molecule has 0 aliphatic carbocycles. The highest BCUT2D eigenvalue weighted by molar-refractivity contribution is 6.37. The van der Waals surface area contributed by atoms with Gasteiger partial charge in [0, 0.05) is 6.20 Å². The minimum atomic E-state index is -4.91. The molecule has 0 aliphatic heterocycles. The van der Waals surface area contributed by atoms with Crippen LogP contribution in [-0.4, -0.2) is 17.1 Å². The lowest BCUT2D eigenvalue weighted by Crippen LogP contribution is -2.19. The molecular formula is C13H6Cl2F3NO2. The zero-order valence-electron chi connectivity index (χ0n) is 10.1. The summed E-state index contributed by atoms with van der Waals surface area (Å²) in [5.74, 6) is -1.42. The molecule has 0 amide bonds. The Labute approximate surface area is 127 Å². The third-order valence-electron chi connectivity index (χ3n) is 2.38. The van der Waals surface area contributed by atoms with Crippen LogP contribution in [0.5, 0.6) is 5.75 Å². The lowest BCUT2D eigenvalue weighted by atomic mass is 10.1. The van der Waals surface area contributed by atoms with Crippen LogP contribution >= 0.6 is 23.2 Å². The number of ether oxygens (including phenoxy) is 1.